The molecule has 2 aromatic carbocycles. The Hall–Kier alpha value is -3.06. The number of anilines is 1. The van der Waals surface area contributed by atoms with Crippen molar-refractivity contribution in [3.63, 3.8) is 0 Å². The molecule has 0 unspecified atom stereocenters. The molecule has 0 aliphatic carbocycles. The molecule has 1 atom stereocenters. The third kappa shape index (κ3) is 5.06. The van der Waals surface area contributed by atoms with E-state index < -0.39 is 6.04 Å². The van der Waals surface area contributed by atoms with Gasteiger partial charge in [-0.25, -0.2) is 0 Å². The van der Waals surface area contributed by atoms with Gasteiger partial charge in [0, 0.05) is 11.1 Å². The molecular weight excluding hydrogens is 384 g/mol. The van der Waals surface area contributed by atoms with Gasteiger partial charge in [-0.2, -0.15) is 0 Å². The lowest BCUT2D eigenvalue weighted by atomic mass is 10.0. The lowest BCUT2D eigenvalue weighted by Crippen LogP contribution is -2.47. The van der Waals surface area contributed by atoms with E-state index in [1.54, 1.807) is 12.1 Å². The van der Waals surface area contributed by atoms with E-state index in [2.05, 4.69) is 20.8 Å². The van der Waals surface area contributed by atoms with Crippen molar-refractivity contribution in [2.75, 3.05) is 5.32 Å². The molecule has 0 fully saturated rings. The van der Waals surface area contributed by atoms with Crippen LogP contribution < -0.4 is 10.6 Å². The normalized spacial score (nSPS) is 11.9. The van der Waals surface area contributed by atoms with E-state index in [4.69, 9.17) is 0 Å². The maximum atomic E-state index is 12.8. The molecule has 1 heterocycles. The van der Waals surface area contributed by atoms with E-state index in [1.165, 1.54) is 11.3 Å². The van der Waals surface area contributed by atoms with Gasteiger partial charge in [-0.3, -0.25) is 14.9 Å². The number of amides is 2. The predicted molar refractivity (Wildman–Crippen MR) is 116 cm³/mol. The first kappa shape index (κ1) is 20.7. The molecule has 0 radical (unpaired) electrons. The van der Waals surface area contributed by atoms with E-state index in [0.29, 0.717) is 10.7 Å². The van der Waals surface area contributed by atoms with Crippen molar-refractivity contribution in [2.24, 2.45) is 5.92 Å². The first-order chi connectivity index (χ1) is 13.8. The predicted octanol–water partition coefficient (Wildman–Crippen LogP) is 4.22. The fourth-order valence-corrected chi connectivity index (χ4v) is 3.68. The summed E-state index contributed by atoms with van der Waals surface area (Å²) >= 11 is 1.30. The van der Waals surface area contributed by atoms with Crippen molar-refractivity contribution in [3.8, 4) is 10.6 Å². The average Bonchev–Trinajstić information content (AvgIpc) is 3.14. The Bertz CT molecular complexity index is 1030. The van der Waals surface area contributed by atoms with Crippen molar-refractivity contribution in [2.45, 2.75) is 33.7 Å². The van der Waals surface area contributed by atoms with Crippen LogP contribution in [0.15, 0.2) is 48.5 Å². The van der Waals surface area contributed by atoms with Gasteiger partial charge in [0.15, 0.2) is 0 Å². The van der Waals surface area contributed by atoms with Crippen LogP contribution in [0.2, 0.25) is 0 Å². The second-order valence-electron chi connectivity index (χ2n) is 7.28. The molecule has 0 aliphatic rings. The lowest BCUT2D eigenvalue weighted by molar-refractivity contribution is -0.118. The Balaban J connectivity index is 1.72. The number of nitrogens with zero attached hydrogens (tertiary/aromatic N) is 2. The van der Waals surface area contributed by atoms with Crippen LogP contribution >= 0.6 is 11.3 Å². The zero-order chi connectivity index (χ0) is 21.0. The minimum atomic E-state index is -0.687. The molecule has 29 heavy (non-hydrogen) atoms. The fraction of sp³-hybridized carbons (Fsp3) is 0.273. The molecule has 0 saturated carbocycles. The van der Waals surface area contributed by atoms with Gasteiger partial charge in [0.25, 0.3) is 5.91 Å². The number of aromatic nitrogens is 2. The molecule has 0 aliphatic heterocycles. The average molecular weight is 409 g/mol. The van der Waals surface area contributed by atoms with Gasteiger partial charge in [-0.15, -0.1) is 10.2 Å². The number of hydrogen-bond donors (Lipinski definition) is 2. The molecule has 0 bridgehead atoms. The standard InChI is InChI=1S/C22H24N4O2S/c1-13(2)18(23-19(27)17-11-6-5-9-15(17)4)20(28)24-22-26-25-21(29-22)16-10-7-8-14(3)12-16/h5-13,18H,1-4H3,(H,23,27)(H,24,26,28)/t18-/m0/s1. The summed E-state index contributed by atoms with van der Waals surface area (Å²) in [5.74, 6) is -0.671. The minimum Gasteiger partial charge on any atom is -0.340 e. The van der Waals surface area contributed by atoms with E-state index in [9.17, 15) is 9.59 Å². The maximum Gasteiger partial charge on any atom is 0.252 e. The van der Waals surface area contributed by atoms with Gasteiger partial charge in [-0.1, -0.05) is 67.1 Å². The number of carbonyl (C=O) groups is 2. The van der Waals surface area contributed by atoms with Crippen molar-refractivity contribution >= 4 is 28.3 Å². The van der Waals surface area contributed by atoms with Crippen LogP contribution in [-0.2, 0) is 4.79 Å². The molecule has 1 aromatic heterocycles. The quantitative estimate of drug-likeness (QED) is 0.640. The fourth-order valence-electron chi connectivity index (χ4n) is 2.93. The van der Waals surface area contributed by atoms with Crippen LogP contribution in [0.5, 0.6) is 0 Å². The smallest absolute Gasteiger partial charge is 0.252 e. The number of aryl methyl sites for hydroxylation is 2. The number of nitrogens with one attached hydrogen (secondary N) is 2. The van der Waals surface area contributed by atoms with Gasteiger partial charge in [0.05, 0.1) is 0 Å². The molecular formula is C22H24N4O2S. The highest BCUT2D eigenvalue weighted by Crippen LogP contribution is 2.27. The number of benzene rings is 2. The number of hydrogen-bond acceptors (Lipinski definition) is 5. The summed E-state index contributed by atoms with van der Waals surface area (Å²) in [6.07, 6.45) is 0. The van der Waals surface area contributed by atoms with Crippen LogP contribution in [0, 0.1) is 19.8 Å². The second-order valence-corrected chi connectivity index (χ2v) is 8.26. The lowest BCUT2D eigenvalue weighted by Gasteiger charge is -2.21. The topological polar surface area (TPSA) is 84.0 Å². The molecule has 0 spiro atoms. The Labute approximate surface area is 174 Å². The van der Waals surface area contributed by atoms with Crippen molar-refractivity contribution < 1.29 is 9.59 Å². The number of carbonyl (C=O) groups excluding carboxylic acids is 2. The van der Waals surface area contributed by atoms with Crippen molar-refractivity contribution in [1.29, 1.82) is 0 Å². The highest BCUT2D eigenvalue weighted by atomic mass is 32.1. The summed E-state index contributed by atoms with van der Waals surface area (Å²) in [7, 11) is 0. The molecule has 150 valence electrons. The maximum absolute atomic E-state index is 12.8. The first-order valence-corrected chi connectivity index (χ1v) is 10.2. The Morgan fingerprint density at radius 3 is 2.45 bits per heavy atom. The summed E-state index contributed by atoms with van der Waals surface area (Å²) in [6, 6.07) is 14.6. The van der Waals surface area contributed by atoms with Gasteiger partial charge >= 0.3 is 0 Å². The zero-order valence-corrected chi connectivity index (χ0v) is 17.7. The van der Waals surface area contributed by atoms with E-state index >= 15 is 0 Å². The summed E-state index contributed by atoms with van der Waals surface area (Å²) in [6.45, 7) is 7.66. The second kappa shape index (κ2) is 8.96. The molecule has 0 saturated heterocycles. The minimum absolute atomic E-state index is 0.0906. The van der Waals surface area contributed by atoms with Crippen LogP contribution in [0.25, 0.3) is 10.6 Å². The number of rotatable bonds is 6. The molecule has 6 nitrogen and oxygen atoms in total. The van der Waals surface area contributed by atoms with Gasteiger partial charge < -0.3 is 5.32 Å². The largest absolute Gasteiger partial charge is 0.340 e. The van der Waals surface area contributed by atoms with E-state index in [1.807, 2.05) is 64.1 Å². The highest BCUT2D eigenvalue weighted by molar-refractivity contribution is 7.18. The Kier molecular flexibility index (Phi) is 6.39. The molecule has 2 N–H and O–H groups in total. The monoisotopic (exact) mass is 408 g/mol. The zero-order valence-electron chi connectivity index (χ0n) is 16.9. The van der Waals surface area contributed by atoms with Gasteiger partial charge in [0.2, 0.25) is 11.0 Å². The Morgan fingerprint density at radius 1 is 1.00 bits per heavy atom. The highest BCUT2D eigenvalue weighted by Gasteiger charge is 2.26. The molecule has 3 rings (SSSR count). The van der Waals surface area contributed by atoms with Crippen LogP contribution in [0.4, 0.5) is 5.13 Å². The molecule has 2 amide bonds. The third-order valence-electron chi connectivity index (χ3n) is 4.55. The first-order valence-electron chi connectivity index (χ1n) is 9.43. The van der Waals surface area contributed by atoms with Gasteiger partial charge in [0.1, 0.15) is 11.0 Å². The van der Waals surface area contributed by atoms with Crippen LogP contribution in [-0.4, -0.2) is 28.1 Å². The summed E-state index contributed by atoms with van der Waals surface area (Å²) in [5, 5.41) is 15.0. The third-order valence-corrected chi connectivity index (χ3v) is 5.43. The van der Waals surface area contributed by atoms with Crippen LogP contribution in [0.3, 0.4) is 0 Å². The summed E-state index contributed by atoms with van der Waals surface area (Å²) in [5.41, 5.74) is 3.50. The SMILES string of the molecule is Cc1cccc(-c2nnc(NC(=O)[C@@H](NC(=O)c3ccccc3C)C(C)C)s2)c1. The molecule has 7 heteroatoms. The van der Waals surface area contributed by atoms with Crippen molar-refractivity contribution in [1.82, 2.24) is 15.5 Å². The van der Waals surface area contributed by atoms with Crippen LogP contribution in [0.1, 0.15) is 35.3 Å². The summed E-state index contributed by atoms with van der Waals surface area (Å²) < 4.78 is 0. The Morgan fingerprint density at radius 2 is 1.76 bits per heavy atom. The van der Waals surface area contributed by atoms with E-state index in [0.717, 1.165) is 21.7 Å². The van der Waals surface area contributed by atoms with Crippen molar-refractivity contribution in [3.05, 3.63) is 65.2 Å². The van der Waals surface area contributed by atoms with E-state index in [-0.39, 0.29) is 17.7 Å². The molecule has 3 aromatic rings. The summed E-state index contributed by atoms with van der Waals surface area (Å²) in [4.78, 5) is 25.5. The van der Waals surface area contributed by atoms with Gasteiger partial charge in [-0.05, 0) is 37.5 Å².